The van der Waals surface area contributed by atoms with E-state index in [1.54, 1.807) is 6.92 Å². The van der Waals surface area contributed by atoms with Crippen LogP contribution >= 0.6 is 11.3 Å². The molecule has 0 atom stereocenters. The maximum absolute atomic E-state index is 12.2. The highest BCUT2D eigenvalue weighted by atomic mass is 32.1. The number of ether oxygens (including phenoxy) is 1. The predicted molar refractivity (Wildman–Crippen MR) is 83.8 cm³/mol. The van der Waals surface area contributed by atoms with Crippen molar-refractivity contribution in [3.8, 4) is 5.75 Å². The molecule has 0 unspecified atom stereocenters. The van der Waals surface area contributed by atoms with E-state index >= 15 is 0 Å². The van der Waals surface area contributed by atoms with E-state index in [9.17, 15) is 14.9 Å². The van der Waals surface area contributed by atoms with Gasteiger partial charge in [-0.05, 0) is 32.9 Å². The first kappa shape index (κ1) is 15.9. The molecule has 1 amide bonds. The molecule has 1 heterocycles. The van der Waals surface area contributed by atoms with Gasteiger partial charge in [-0.1, -0.05) is 0 Å². The minimum Gasteiger partial charge on any atom is -0.487 e. The Kier molecular flexibility index (Phi) is 4.71. The summed E-state index contributed by atoms with van der Waals surface area (Å²) in [6.07, 6.45) is 0. The summed E-state index contributed by atoms with van der Waals surface area (Å²) in [6, 6.07) is 4.11. The predicted octanol–water partition coefficient (Wildman–Crippen LogP) is 3.32. The minimum atomic E-state index is -0.570. The molecule has 0 aliphatic heterocycles. The van der Waals surface area contributed by atoms with Crippen LogP contribution in [-0.2, 0) is 0 Å². The van der Waals surface area contributed by atoms with Crippen molar-refractivity contribution < 1.29 is 14.5 Å². The van der Waals surface area contributed by atoms with Crippen LogP contribution < -0.4 is 10.1 Å². The SMILES string of the molecule is CCOc1ccc(C(=O)Nc2nc(C)c(C)s2)cc1[N+](=O)[O-]. The number of carbonyl (C=O) groups excluding carboxylic acids is 1. The zero-order valence-electron chi connectivity index (χ0n) is 12.4. The van der Waals surface area contributed by atoms with Gasteiger partial charge in [0, 0.05) is 16.5 Å². The second-order valence-electron chi connectivity index (χ2n) is 4.49. The zero-order chi connectivity index (χ0) is 16.3. The van der Waals surface area contributed by atoms with Crippen molar-refractivity contribution in [2.75, 3.05) is 11.9 Å². The third-order valence-electron chi connectivity index (χ3n) is 2.97. The van der Waals surface area contributed by atoms with Crippen LogP contribution in [0.3, 0.4) is 0 Å². The van der Waals surface area contributed by atoms with E-state index in [2.05, 4.69) is 10.3 Å². The van der Waals surface area contributed by atoms with Gasteiger partial charge in [0.2, 0.25) is 0 Å². The Morgan fingerprint density at radius 3 is 2.73 bits per heavy atom. The molecule has 2 aromatic rings. The topological polar surface area (TPSA) is 94.4 Å². The lowest BCUT2D eigenvalue weighted by Gasteiger charge is -2.06. The number of thiazole rings is 1. The van der Waals surface area contributed by atoms with E-state index < -0.39 is 10.8 Å². The van der Waals surface area contributed by atoms with E-state index in [1.807, 2.05) is 13.8 Å². The summed E-state index contributed by atoms with van der Waals surface area (Å²) in [6.45, 7) is 5.80. The number of nitro groups is 1. The average Bonchev–Trinajstić information content (AvgIpc) is 2.77. The van der Waals surface area contributed by atoms with Gasteiger partial charge in [0.1, 0.15) is 0 Å². The van der Waals surface area contributed by atoms with E-state index in [-0.39, 0.29) is 17.0 Å². The van der Waals surface area contributed by atoms with Gasteiger partial charge >= 0.3 is 5.69 Å². The smallest absolute Gasteiger partial charge is 0.311 e. The maximum Gasteiger partial charge on any atom is 0.311 e. The second kappa shape index (κ2) is 6.52. The monoisotopic (exact) mass is 321 g/mol. The number of aromatic nitrogens is 1. The van der Waals surface area contributed by atoms with Crippen LogP contribution in [0.2, 0.25) is 0 Å². The fraction of sp³-hybridized carbons (Fsp3) is 0.286. The Morgan fingerprint density at radius 1 is 1.45 bits per heavy atom. The van der Waals surface area contributed by atoms with Gasteiger partial charge in [0.25, 0.3) is 5.91 Å². The van der Waals surface area contributed by atoms with Gasteiger partial charge in [-0.15, -0.1) is 11.3 Å². The Hall–Kier alpha value is -2.48. The first-order valence-electron chi connectivity index (χ1n) is 6.59. The van der Waals surface area contributed by atoms with Gasteiger partial charge in [0.05, 0.1) is 17.2 Å². The third kappa shape index (κ3) is 3.40. The number of anilines is 1. The van der Waals surface area contributed by atoms with Crippen molar-refractivity contribution in [1.29, 1.82) is 0 Å². The molecule has 7 nitrogen and oxygen atoms in total. The molecule has 8 heteroatoms. The molecule has 1 aromatic heterocycles. The molecule has 116 valence electrons. The number of hydrogen-bond acceptors (Lipinski definition) is 6. The van der Waals surface area contributed by atoms with Crippen molar-refractivity contribution in [2.45, 2.75) is 20.8 Å². The van der Waals surface area contributed by atoms with Crippen LogP contribution in [0.15, 0.2) is 18.2 Å². The van der Waals surface area contributed by atoms with Crippen LogP contribution in [0.5, 0.6) is 5.75 Å². The molecule has 0 radical (unpaired) electrons. The summed E-state index contributed by atoms with van der Waals surface area (Å²) in [5.41, 5.74) is 0.791. The van der Waals surface area contributed by atoms with Gasteiger partial charge in [0.15, 0.2) is 10.9 Å². The van der Waals surface area contributed by atoms with Gasteiger partial charge in [-0.2, -0.15) is 0 Å². The van der Waals surface area contributed by atoms with E-state index in [0.717, 1.165) is 10.6 Å². The zero-order valence-corrected chi connectivity index (χ0v) is 13.2. The molecular weight excluding hydrogens is 306 g/mol. The molecule has 2 rings (SSSR count). The Morgan fingerprint density at radius 2 is 2.18 bits per heavy atom. The first-order valence-corrected chi connectivity index (χ1v) is 7.40. The number of rotatable bonds is 5. The van der Waals surface area contributed by atoms with Gasteiger partial charge in [-0.3, -0.25) is 20.2 Å². The molecule has 0 aliphatic carbocycles. The molecule has 0 aliphatic rings. The summed E-state index contributed by atoms with van der Waals surface area (Å²) in [5, 5.41) is 14.2. The second-order valence-corrected chi connectivity index (χ2v) is 5.69. The molecule has 0 fully saturated rings. The molecule has 0 saturated carbocycles. The van der Waals surface area contributed by atoms with Gasteiger partial charge < -0.3 is 4.74 Å². The van der Waals surface area contributed by atoms with E-state index in [1.165, 1.54) is 29.5 Å². The Balaban J connectivity index is 2.26. The summed E-state index contributed by atoms with van der Waals surface area (Å²) in [4.78, 5) is 27.9. The van der Waals surface area contributed by atoms with Crippen molar-refractivity contribution in [2.24, 2.45) is 0 Å². The molecule has 0 saturated heterocycles. The standard InChI is InChI=1S/C14H15N3O4S/c1-4-21-12-6-5-10(7-11(12)17(19)20)13(18)16-14-15-8(2)9(3)22-14/h5-7H,4H2,1-3H3,(H,15,16,18). The molecular formula is C14H15N3O4S. The lowest BCUT2D eigenvalue weighted by molar-refractivity contribution is -0.385. The number of hydrogen-bond donors (Lipinski definition) is 1. The fourth-order valence-corrected chi connectivity index (χ4v) is 2.58. The van der Waals surface area contributed by atoms with E-state index in [4.69, 9.17) is 4.74 Å². The molecule has 22 heavy (non-hydrogen) atoms. The minimum absolute atomic E-state index is 0.144. The first-order chi connectivity index (χ1) is 10.4. The largest absolute Gasteiger partial charge is 0.487 e. The van der Waals surface area contributed by atoms with E-state index in [0.29, 0.717) is 11.7 Å². The number of aryl methyl sites for hydroxylation is 2. The highest BCUT2D eigenvalue weighted by Gasteiger charge is 2.19. The number of nitro benzene ring substituents is 1. The van der Waals surface area contributed by atoms with Crippen LogP contribution in [0.4, 0.5) is 10.8 Å². The maximum atomic E-state index is 12.2. The number of nitrogens with one attached hydrogen (secondary N) is 1. The summed E-state index contributed by atoms with van der Waals surface area (Å²) < 4.78 is 5.19. The quantitative estimate of drug-likeness (QED) is 0.673. The summed E-state index contributed by atoms with van der Waals surface area (Å²) in [5.74, 6) is -0.301. The van der Waals surface area contributed by atoms with Crippen molar-refractivity contribution >= 4 is 28.1 Å². The van der Waals surface area contributed by atoms with Crippen LogP contribution in [0.1, 0.15) is 27.9 Å². The number of nitrogens with zero attached hydrogens (tertiary/aromatic N) is 2. The Labute approximate surface area is 131 Å². The third-order valence-corrected chi connectivity index (χ3v) is 3.95. The normalized spacial score (nSPS) is 10.3. The molecule has 0 bridgehead atoms. The Bertz CT molecular complexity index is 707. The van der Waals surface area contributed by atoms with Crippen molar-refractivity contribution in [3.05, 3.63) is 44.4 Å². The van der Waals surface area contributed by atoms with Crippen LogP contribution in [-0.4, -0.2) is 22.4 Å². The van der Waals surface area contributed by atoms with Crippen LogP contribution in [0, 0.1) is 24.0 Å². The van der Waals surface area contributed by atoms with Crippen molar-refractivity contribution in [3.63, 3.8) is 0 Å². The average molecular weight is 321 g/mol. The van der Waals surface area contributed by atoms with Crippen molar-refractivity contribution in [1.82, 2.24) is 4.98 Å². The van der Waals surface area contributed by atoms with Gasteiger partial charge in [-0.25, -0.2) is 4.98 Å². The number of carbonyl (C=O) groups is 1. The fourth-order valence-electron chi connectivity index (χ4n) is 1.77. The lowest BCUT2D eigenvalue weighted by atomic mass is 10.2. The highest BCUT2D eigenvalue weighted by Crippen LogP contribution is 2.29. The van der Waals surface area contributed by atoms with Crippen LogP contribution in [0.25, 0.3) is 0 Å². The molecule has 1 aromatic carbocycles. The number of benzene rings is 1. The molecule has 0 spiro atoms. The summed E-state index contributed by atoms with van der Waals surface area (Å²) in [7, 11) is 0. The number of amides is 1. The summed E-state index contributed by atoms with van der Waals surface area (Å²) >= 11 is 1.36. The highest BCUT2D eigenvalue weighted by molar-refractivity contribution is 7.15. The molecule has 1 N–H and O–H groups in total. The lowest BCUT2D eigenvalue weighted by Crippen LogP contribution is -2.12.